The second kappa shape index (κ2) is 5.56. The Morgan fingerprint density at radius 3 is 2.78 bits per heavy atom. The van der Waals surface area contributed by atoms with Gasteiger partial charge in [-0.1, -0.05) is 0 Å². The standard InChI is InChI=1S/C15H15N5O3/c1-7-10(19-8(2)12(7)15(22)23)5-11-13(17-4-3-16-11)9-6-18-20-14(9)21/h3-6,9,16,19H,1-2H3,(H,20,21)(H,22,23). The quantitative estimate of drug-likeness (QED) is 0.663. The first-order valence-electron chi connectivity index (χ1n) is 6.96. The number of aryl methyl sites for hydroxylation is 1. The molecule has 0 aromatic carbocycles. The van der Waals surface area contributed by atoms with Gasteiger partial charge in [-0.15, -0.1) is 0 Å². The lowest BCUT2D eigenvalue weighted by molar-refractivity contribution is -0.120. The van der Waals surface area contributed by atoms with Crippen molar-refractivity contribution in [1.29, 1.82) is 0 Å². The number of nitrogens with zero attached hydrogens (tertiary/aromatic N) is 2. The fraction of sp³-hybridized carbons (Fsp3) is 0.200. The van der Waals surface area contributed by atoms with Gasteiger partial charge in [0.05, 0.1) is 17.0 Å². The Morgan fingerprint density at radius 2 is 2.17 bits per heavy atom. The Bertz CT molecular complexity index is 813. The highest BCUT2D eigenvalue weighted by molar-refractivity contribution is 6.24. The third-order valence-corrected chi connectivity index (χ3v) is 3.76. The number of carboxylic acids is 1. The first-order valence-corrected chi connectivity index (χ1v) is 6.96. The summed E-state index contributed by atoms with van der Waals surface area (Å²) in [5.74, 6) is -1.81. The number of hydrogen-bond donors (Lipinski definition) is 4. The van der Waals surface area contributed by atoms with Crippen molar-refractivity contribution in [2.45, 2.75) is 13.8 Å². The SMILES string of the molecule is Cc1[nH]c(C=C2NC=CN=C2C2C=NNC2=O)c(C)c1C(=O)O. The predicted octanol–water partition coefficient (Wildman–Crippen LogP) is 0.918. The largest absolute Gasteiger partial charge is 0.478 e. The van der Waals surface area contributed by atoms with Crippen LogP contribution in [0.25, 0.3) is 6.08 Å². The van der Waals surface area contributed by atoms with Crippen molar-refractivity contribution in [2.75, 3.05) is 0 Å². The summed E-state index contributed by atoms with van der Waals surface area (Å²) in [5, 5.41) is 16.1. The molecule has 23 heavy (non-hydrogen) atoms. The normalized spacial score (nSPS) is 21.3. The van der Waals surface area contributed by atoms with Crippen LogP contribution in [-0.4, -0.2) is 33.9 Å². The molecule has 0 fully saturated rings. The second-order valence-electron chi connectivity index (χ2n) is 5.23. The Balaban J connectivity index is 2.02. The van der Waals surface area contributed by atoms with Crippen molar-refractivity contribution in [2.24, 2.45) is 16.0 Å². The average Bonchev–Trinajstić information content (AvgIpc) is 3.03. The maximum Gasteiger partial charge on any atom is 0.337 e. The number of rotatable bonds is 3. The minimum Gasteiger partial charge on any atom is -0.478 e. The van der Waals surface area contributed by atoms with E-state index in [4.69, 9.17) is 0 Å². The van der Waals surface area contributed by atoms with E-state index in [0.717, 1.165) is 0 Å². The molecule has 1 amide bonds. The maximum atomic E-state index is 11.8. The number of allylic oxidation sites excluding steroid dienone is 1. The van der Waals surface area contributed by atoms with Crippen LogP contribution < -0.4 is 10.7 Å². The maximum absolute atomic E-state index is 11.8. The minimum atomic E-state index is -0.978. The van der Waals surface area contributed by atoms with Crippen LogP contribution in [0.5, 0.6) is 0 Å². The first-order chi connectivity index (χ1) is 11.0. The van der Waals surface area contributed by atoms with Gasteiger partial charge in [0, 0.05) is 30.0 Å². The molecule has 2 aliphatic heterocycles. The third-order valence-electron chi connectivity index (χ3n) is 3.76. The fourth-order valence-electron chi connectivity index (χ4n) is 2.64. The van der Waals surface area contributed by atoms with Gasteiger partial charge < -0.3 is 15.4 Å². The number of aliphatic imine (C=N–C) groups is 1. The van der Waals surface area contributed by atoms with E-state index in [0.29, 0.717) is 28.4 Å². The molecule has 8 nitrogen and oxygen atoms in total. The smallest absolute Gasteiger partial charge is 0.337 e. The number of aromatic nitrogens is 1. The summed E-state index contributed by atoms with van der Waals surface area (Å²) in [5.41, 5.74) is 5.62. The zero-order chi connectivity index (χ0) is 16.6. The molecule has 0 saturated carbocycles. The van der Waals surface area contributed by atoms with Gasteiger partial charge in [-0.3, -0.25) is 9.79 Å². The molecule has 1 atom stereocenters. The molecule has 0 radical (unpaired) electrons. The molecule has 0 saturated heterocycles. The van der Waals surface area contributed by atoms with Gasteiger partial charge in [-0.2, -0.15) is 5.10 Å². The van der Waals surface area contributed by atoms with E-state index in [1.54, 1.807) is 32.3 Å². The fourth-order valence-corrected chi connectivity index (χ4v) is 2.64. The topological polar surface area (TPSA) is 119 Å². The van der Waals surface area contributed by atoms with Gasteiger partial charge in [-0.25, -0.2) is 10.2 Å². The van der Waals surface area contributed by atoms with Crippen molar-refractivity contribution in [3.63, 3.8) is 0 Å². The lowest BCUT2D eigenvalue weighted by Gasteiger charge is -2.16. The summed E-state index contributed by atoms with van der Waals surface area (Å²) < 4.78 is 0. The Labute approximate surface area is 131 Å². The number of aromatic carboxylic acids is 1. The summed E-state index contributed by atoms with van der Waals surface area (Å²) in [6.45, 7) is 3.44. The minimum absolute atomic E-state index is 0.252. The molecule has 2 aliphatic rings. The second-order valence-corrected chi connectivity index (χ2v) is 5.23. The van der Waals surface area contributed by atoms with E-state index >= 15 is 0 Å². The zero-order valence-electron chi connectivity index (χ0n) is 12.5. The average molecular weight is 313 g/mol. The van der Waals surface area contributed by atoms with Gasteiger partial charge in [0.25, 0.3) is 5.91 Å². The summed E-state index contributed by atoms with van der Waals surface area (Å²) in [4.78, 5) is 30.4. The number of hydrazone groups is 1. The molecule has 1 aromatic heterocycles. The Kier molecular flexibility index (Phi) is 3.57. The molecule has 3 rings (SSSR count). The molecule has 118 valence electrons. The third kappa shape index (κ3) is 2.54. The van der Waals surface area contributed by atoms with Gasteiger partial charge in [0.15, 0.2) is 0 Å². The molecule has 8 heteroatoms. The first kappa shape index (κ1) is 14.8. The van der Waals surface area contributed by atoms with Crippen molar-refractivity contribution in [3.05, 3.63) is 40.6 Å². The van der Waals surface area contributed by atoms with Gasteiger partial charge in [-0.05, 0) is 25.5 Å². The van der Waals surface area contributed by atoms with Crippen LogP contribution in [0.15, 0.2) is 28.2 Å². The van der Waals surface area contributed by atoms with Crippen LogP contribution in [-0.2, 0) is 4.79 Å². The molecule has 1 aromatic rings. The molecule has 0 aliphatic carbocycles. The van der Waals surface area contributed by atoms with Crippen LogP contribution in [0.1, 0.15) is 27.3 Å². The number of H-pyrrole nitrogens is 1. The number of nitrogens with one attached hydrogen (secondary N) is 3. The van der Waals surface area contributed by atoms with Gasteiger partial charge >= 0.3 is 5.97 Å². The van der Waals surface area contributed by atoms with Crippen LogP contribution in [0.2, 0.25) is 0 Å². The lowest BCUT2D eigenvalue weighted by Crippen LogP contribution is -2.32. The molecular formula is C15H15N5O3. The van der Waals surface area contributed by atoms with Crippen LogP contribution in [0, 0.1) is 19.8 Å². The number of carboxylic acid groups (broad SMARTS) is 1. The summed E-state index contributed by atoms with van der Waals surface area (Å²) in [6.07, 6.45) is 6.44. The summed E-state index contributed by atoms with van der Waals surface area (Å²) in [7, 11) is 0. The highest BCUT2D eigenvalue weighted by Crippen LogP contribution is 2.22. The van der Waals surface area contributed by atoms with E-state index in [1.807, 2.05) is 0 Å². The van der Waals surface area contributed by atoms with Crippen LogP contribution in [0.4, 0.5) is 0 Å². The predicted molar refractivity (Wildman–Crippen MR) is 85.0 cm³/mol. The van der Waals surface area contributed by atoms with E-state index < -0.39 is 11.9 Å². The van der Waals surface area contributed by atoms with E-state index in [1.165, 1.54) is 6.21 Å². The van der Waals surface area contributed by atoms with E-state index in [-0.39, 0.29) is 11.5 Å². The molecule has 0 bridgehead atoms. The van der Waals surface area contributed by atoms with Crippen molar-refractivity contribution in [1.82, 2.24) is 15.7 Å². The molecule has 0 spiro atoms. The molecular weight excluding hydrogens is 298 g/mol. The Morgan fingerprint density at radius 1 is 1.39 bits per heavy atom. The summed E-state index contributed by atoms with van der Waals surface area (Å²) >= 11 is 0. The van der Waals surface area contributed by atoms with Crippen molar-refractivity contribution < 1.29 is 14.7 Å². The van der Waals surface area contributed by atoms with E-state index in [9.17, 15) is 14.7 Å². The van der Waals surface area contributed by atoms with Crippen molar-refractivity contribution in [3.8, 4) is 0 Å². The highest BCUT2D eigenvalue weighted by Gasteiger charge is 2.29. The monoisotopic (exact) mass is 313 g/mol. The number of amides is 1. The summed E-state index contributed by atoms with van der Waals surface area (Å²) in [6, 6.07) is 0. The molecule has 3 heterocycles. The lowest BCUT2D eigenvalue weighted by atomic mass is 9.99. The number of hydrogen-bond acceptors (Lipinski definition) is 5. The molecule has 4 N–H and O–H groups in total. The number of carbonyl (C=O) groups excluding carboxylic acids is 1. The van der Waals surface area contributed by atoms with Crippen LogP contribution in [0.3, 0.4) is 0 Å². The Hall–Kier alpha value is -3.16. The van der Waals surface area contributed by atoms with Crippen LogP contribution >= 0.6 is 0 Å². The molecule has 1 unspecified atom stereocenters. The van der Waals surface area contributed by atoms with Gasteiger partial charge in [0.2, 0.25) is 0 Å². The highest BCUT2D eigenvalue weighted by atomic mass is 16.4. The number of aromatic amines is 1. The van der Waals surface area contributed by atoms with Crippen molar-refractivity contribution >= 4 is 29.9 Å². The van der Waals surface area contributed by atoms with Gasteiger partial charge in [0.1, 0.15) is 5.92 Å². The zero-order valence-corrected chi connectivity index (χ0v) is 12.5. The number of carbonyl (C=O) groups is 2. The van der Waals surface area contributed by atoms with E-state index in [2.05, 4.69) is 25.8 Å².